The number of benzene rings is 3. The van der Waals surface area contributed by atoms with Crippen LogP contribution in [0.5, 0.6) is 17.2 Å². The first-order valence-electron chi connectivity index (χ1n) is 12.1. The van der Waals surface area contributed by atoms with E-state index in [1.54, 1.807) is 26.4 Å². The van der Waals surface area contributed by atoms with Crippen LogP contribution >= 0.6 is 0 Å². The van der Waals surface area contributed by atoms with E-state index in [2.05, 4.69) is 4.90 Å². The molecule has 0 atom stereocenters. The van der Waals surface area contributed by atoms with Crippen LogP contribution in [0, 0.1) is 0 Å². The van der Waals surface area contributed by atoms with Gasteiger partial charge in [-0.3, -0.25) is 9.69 Å². The topological polar surface area (TPSA) is 63.9 Å². The van der Waals surface area contributed by atoms with Gasteiger partial charge < -0.3 is 19.1 Å². The van der Waals surface area contributed by atoms with E-state index >= 15 is 0 Å². The molecule has 0 spiro atoms. The molecule has 1 aromatic heterocycles. The van der Waals surface area contributed by atoms with Crippen molar-refractivity contribution in [3.8, 4) is 28.4 Å². The second-order valence-electron chi connectivity index (χ2n) is 9.03. The number of ether oxygens (including phenoxy) is 2. The average molecular weight is 483 g/mol. The van der Waals surface area contributed by atoms with Crippen LogP contribution in [0.15, 0.2) is 83.7 Å². The summed E-state index contributed by atoms with van der Waals surface area (Å²) in [6.07, 6.45) is 0.736. The Kier molecular flexibility index (Phi) is 6.78. The standard InChI is InChI=1S/C30H30N2O4/c1-35-28-13-7-6-11-23(28)24-17-22-19-31(20-25-27(33)12-8-14-29(25)36-2)16-15-26(22)32(30(24)34)18-21-9-4-3-5-10-21/h3-14,17,33H,15-16,18-20H2,1-2H3. The number of phenolic OH excluding ortho intramolecular Hbond substituents is 1. The molecule has 36 heavy (non-hydrogen) atoms. The Morgan fingerprint density at radius 2 is 1.56 bits per heavy atom. The Balaban J connectivity index is 1.58. The van der Waals surface area contributed by atoms with Gasteiger partial charge in [-0.1, -0.05) is 54.6 Å². The molecule has 3 aromatic carbocycles. The summed E-state index contributed by atoms with van der Waals surface area (Å²) in [6.45, 7) is 2.49. The highest BCUT2D eigenvalue weighted by atomic mass is 16.5. The molecule has 0 fully saturated rings. The third-order valence-corrected chi connectivity index (χ3v) is 6.84. The Labute approximate surface area is 211 Å². The molecular formula is C30H30N2O4. The van der Waals surface area contributed by atoms with Crippen LogP contribution in [0.4, 0.5) is 0 Å². The Morgan fingerprint density at radius 1 is 0.833 bits per heavy atom. The molecule has 6 nitrogen and oxygen atoms in total. The van der Waals surface area contributed by atoms with E-state index in [1.165, 1.54) is 0 Å². The van der Waals surface area contributed by atoms with E-state index in [-0.39, 0.29) is 11.3 Å². The number of hydrogen-bond donors (Lipinski definition) is 1. The molecule has 2 heterocycles. The monoisotopic (exact) mass is 482 g/mol. The molecule has 0 bridgehead atoms. The van der Waals surface area contributed by atoms with Crippen LogP contribution in [0.3, 0.4) is 0 Å². The molecule has 1 N–H and O–H groups in total. The van der Waals surface area contributed by atoms with Crippen molar-refractivity contribution in [1.82, 2.24) is 9.47 Å². The predicted molar refractivity (Wildman–Crippen MR) is 141 cm³/mol. The van der Waals surface area contributed by atoms with Gasteiger partial charge in [-0.05, 0) is 35.4 Å². The molecule has 184 valence electrons. The molecule has 4 aromatic rings. The van der Waals surface area contributed by atoms with Gasteiger partial charge in [0.15, 0.2) is 0 Å². The number of aromatic nitrogens is 1. The second-order valence-corrected chi connectivity index (χ2v) is 9.03. The van der Waals surface area contributed by atoms with Gasteiger partial charge in [0, 0.05) is 42.9 Å². The van der Waals surface area contributed by atoms with Gasteiger partial charge in [-0.15, -0.1) is 0 Å². The van der Waals surface area contributed by atoms with Crippen LogP contribution in [0.25, 0.3) is 11.1 Å². The summed E-state index contributed by atoms with van der Waals surface area (Å²) in [5.41, 5.74) is 5.41. The van der Waals surface area contributed by atoms with Crippen molar-refractivity contribution >= 4 is 0 Å². The molecule has 0 aliphatic carbocycles. The zero-order valence-corrected chi connectivity index (χ0v) is 20.6. The molecule has 0 radical (unpaired) electrons. The van der Waals surface area contributed by atoms with Gasteiger partial charge in [0.25, 0.3) is 5.56 Å². The van der Waals surface area contributed by atoms with Crippen LogP contribution in [0.1, 0.15) is 22.4 Å². The molecule has 1 aliphatic rings. The van der Waals surface area contributed by atoms with E-state index in [4.69, 9.17) is 9.47 Å². The molecule has 1 aliphatic heterocycles. The van der Waals surface area contributed by atoms with Crippen LogP contribution in [0.2, 0.25) is 0 Å². The number of para-hydroxylation sites is 1. The highest BCUT2D eigenvalue weighted by Gasteiger charge is 2.25. The van der Waals surface area contributed by atoms with Crippen molar-refractivity contribution in [2.75, 3.05) is 20.8 Å². The lowest BCUT2D eigenvalue weighted by molar-refractivity contribution is 0.233. The summed E-state index contributed by atoms with van der Waals surface area (Å²) in [4.78, 5) is 16.1. The SMILES string of the molecule is COc1ccccc1-c1cc2c(n(Cc3ccccc3)c1=O)CCN(Cc1c(O)cccc1OC)C2. The molecule has 0 amide bonds. The smallest absolute Gasteiger partial charge is 0.259 e. The van der Waals surface area contributed by atoms with Crippen LogP contribution < -0.4 is 15.0 Å². The molecule has 5 rings (SSSR count). The number of nitrogens with zero attached hydrogens (tertiary/aromatic N) is 2. The quantitative estimate of drug-likeness (QED) is 0.408. The minimum atomic E-state index is -0.0158. The maximum absolute atomic E-state index is 13.9. The normalized spacial score (nSPS) is 13.3. The summed E-state index contributed by atoms with van der Waals surface area (Å²) in [5.74, 6) is 1.57. The van der Waals surface area contributed by atoms with E-state index in [0.717, 1.165) is 40.9 Å². The number of fused-ring (bicyclic) bond motifs is 1. The molecule has 0 saturated carbocycles. The lowest BCUT2D eigenvalue weighted by Gasteiger charge is -2.31. The van der Waals surface area contributed by atoms with Gasteiger partial charge in [-0.25, -0.2) is 0 Å². The zero-order valence-electron chi connectivity index (χ0n) is 20.6. The molecule has 6 heteroatoms. The predicted octanol–water partition coefficient (Wildman–Crippen LogP) is 4.84. The number of aromatic hydroxyl groups is 1. The largest absolute Gasteiger partial charge is 0.507 e. The maximum atomic E-state index is 13.9. The van der Waals surface area contributed by atoms with Gasteiger partial charge in [-0.2, -0.15) is 0 Å². The zero-order chi connectivity index (χ0) is 25.1. The number of methoxy groups -OCH3 is 2. The van der Waals surface area contributed by atoms with E-state index in [0.29, 0.717) is 36.7 Å². The van der Waals surface area contributed by atoms with Gasteiger partial charge in [0.2, 0.25) is 0 Å². The summed E-state index contributed by atoms with van der Waals surface area (Å²) in [5, 5.41) is 10.5. The number of rotatable bonds is 7. The molecule has 0 saturated heterocycles. The highest BCUT2D eigenvalue weighted by Crippen LogP contribution is 2.33. The number of phenols is 1. The van der Waals surface area contributed by atoms with E-state index in [9.17, 15) is 9.90 Å². The van der Waals surface area contributed by atoms with E-state index < -0.39 is 0 Å². The fourth-order valence-electron chi connectivity index (χ4n) is 5.03. The summed E-state index contributed by atoms with van der Waals surface area (Å²) in [7, 11) is 3.24. The number of pyridine rings is 1. The van der Waals surface area contributed by atoms with Crippen LogP contribution in [-0.2, 0) is 26.1 Å². The Morgan fingerprint density at radius 3 is 2.33 bits per heavy atom. The van der Waals surface area contributed by atoms with Gasteiger partial charge in [0.05, 0.1) is 26.3 Å². The Bertz CT molecular complexity index is 1430. The lowest BCUT2D eigenvalue weighted by atomic mass is 9.97. The maximum Gasteiger partial charge on any atom is 0.259 e. The minimum absolute atomic E-state index is 0.0158. The first-order valence-corrected chi connectivity index (χ1v) is 12.1. The van der Waals surface area contributed by atoms with Crippen molar-refractivity contribution < 1.29 is 14.6 Å². The summed E-state index contributed by atoms with van der Waals surface area (Å²) < 4.78 is 13.0. The first kappa shape index (κ1) is 23.7. The lowest BCUT2D eigenvalue weighted by Crippen LogP contribution is -2.36. The van der Waals surface area contributed by atoms with Crippen molar-refractivity contribution in [2.24, 2.45) is 0 Å². The average Bonchev–Trinajstić information content (AvgIpc) is 2.91. The molecule has 0 unspecified atom stereocenters. The van der Waals surface area contributed by atoms with Crippen molar-refractivity contribution in [3.63, 3.8) is 0 Å². The number of hydrogen-bond acceptors (Lipinski definition) is 5. The first-order chi connectivity index (χ1) is 17.6. The molecular weight excluding hydrogens is 452 g/mol. The third-order valence-electron chi connectivity index (χ3n) is 6.84. The minimum Gasteiger partial charge on any atom is -0.507 e. The van der Waals surface area contributed by atoms with Crippen molar-refractivity contribution in [2.45, 2.75) is 26.1 Å². The van der Waals surface area contributed by atoms with Crippen LogP contribution in [-0.4, -0.2) is 35.3 Å². The van der Waals surface area contributed by atoms with E-state index in [1.807, 2.05) is 71.3 Å². The van der Waals surface area contributed by atoms with Crippen molar-refractivity contribution in [1.29, 1.82) is 0 Å². The summed E-state index contributed by atoms with van der Waals surface area (Å²) in [6, 6.07) is 25.1. The summed E-state index contributed by atoms with van der Waals surface area (Å²) >= 11 is 0. The fraction of sp³-hybridized carbons (Fsp3) is 0.233. The highest BCUT2D eigenvalue weighted by molar-refractivity contribution is 5.70. The van der Waals surface area contributed by atoms with Crippen molar-refractivity contribution in [3.05, 3.63) is 112 Å². The second kappa shape index (κ2) is 10.3. The Hall–Kier alpha value is -4.03. The third kappa shape index (κ3) is 4.60. The van der Waals surface area contributed by atoms with Gasteiger partial charge >= 0.3 is 0 Å². The van der Waals surface area contributed by atoms with Gasteiger partial charge in [0.1, 0.15) is 17.2 Å². The fourth-order valence-corrected chi connectivity index (χ4v) is 5.03.